The second-order valence-corrected chi connectivity index (χ2v) is 4.68. The van der Waals surface area contributed by atoms with Crippen LogP contribution in [0.5, 0.6) is 11.5 Å². The van der Waals surface area contributed by atoms with Crippen LogP contribution in [-0.2, 0) is 6.42 Å². The quantitative estimate of drug-likeness (QED) is 0.658. The van der Waals surface area contributed by atoms with Crippen LogP contribution in [0, 0.1) is 0 Å². The minimum atomic E-state index is -0.273. The molecule has 0 fully saturated rings. The van der Waals surface area contributed by atoms with Crippen molar-refractivity contribution in [2.24, 2.45) is 5.10 Å². The van der Waals surface area contributed by atoms with Gasteiger partial charge in [0.05, 0.1) is 13.3 Å². The summed E-state index contributed by atoms with van der Waals surface area (Å²) in [4.78, 5) is 11.9. The molecule has 0 heterocycles. The molecular formula is C17H18N2O3. The number of carbonyl (C=O) groups excluding carboxylic acids is 1. The van der Waals surface area contributed by atoms with Crippen LogP contribution in [0.2, 0.25) is 0 Å². The van der Waals surface area contributed by atoms with Gasteiger partial charge >= 0.3 is 0 Å². The van der Waals surface area contributed by atoms with Gasteiger partial charge in [-0.25, -0.2) is 5.43 Å². The van der Waals surface area contributed by atoms with Gasteiger partial charge in [-0.15, -0.1) is 0 Å². The monoisotopic (exact) mass is 298 g/mol. The van der Waals surface area contributed by atoms with E-state index >= 15 is 0 Å². The molecule has 2 rings (SSSR count). The molecule has 5 nitrogen and oxygen atoms in total. The van der Waals surface area contributed by atoms with E-state index in [4.69, 9.17) is 4.74 Å². The van der Waals surface area contributed by atoms with Gasteiger partial charge in [0.15, 0.2) is 11.5 Å². The zero-order valence-electron chi connectivity index (χ0n) is 12.5. The Kier molecular flexibility index (Phi) is 5.14. The van der Waals surface area contributed by atoms with Gasteiger partial charge < -0.3 is 9.84 Å². The first kappa shape index (κ1) is 15.6. The van der Waals surface area contributed by atoms with Crippen molar-refractivity contribution >= 4 is 12.1 Å². The fourth-order valence-corrected chi connectivity index (χ4v) is 1.90. The minimum absolute atomic E-state index is 0.0553. The summed E-state index contributed by atoms with van der Waals surface area (Å²) in [5, 5.41) is 13.4. The van der Waals surface area contributed by atoms with E-state index in [1.165, 1.54) is 25.0 Å². The average molecular weight is 298 g/mol. The van der Waals surface area contributed by atoms with Crippen molar-refractivity contribution in [1.29, 1.82) is 0 Å². The Morgan fingerprint density at radius 1 is 1.27 bits per heavy atom. The largest absolute Gasteiger partial charge is 0.504 e. The molecule has 5 heteroatoms. The van der Waals surface area contributed by atoms with Crippen LogP contribution >= 0.6 is 0 Å². The number of benzene rings is 2. The number of aromatic hydroxyl groups is 1. The number of nitrogens with one attached hydrogen (secondary N) is 1. The van der Waals surface area contributed by atoms with E-state index < -0.39 is 0 Å². The molecule has 0 aliphatic heterocycles. The summed E-state index contributed by atoms with van der Waals surface area (Å²) in [5.41, 5.74) is 4.90. The number of amides is 1. The highest BCUT2D eigenvalue weighted by atomic mass is 16.5. The van der Waals surface area contributed by atoms with Crippen LogP contribution in [0.15, 0.2) is 47.6 Å². The first-order chi connectivity index (χ1) is 10.6. The van der Waals surface area contributed by atoms with Crippen molar-refractivity contribution in [3.05, 3.63) is 59.2 Å². The van der Waals surface area contributed by atoms with Gasteiger partial charge in [-0.1, -0.05) is 19.1 Å². The maximum absolute atomic E-state index is 11.9. The molecule has 0 atom stereocenters. The molecule has 2 aromatic carbocycles. The second-order valence-electron chi connectivity index (χ2n) is 4.68. The lowest BCUT2D eigenvalue weighted by atomic mass is 10.1. The number of phenolic OH excluding ortho intramolecular Hbond substituents is 1. The molecule has 114 valence electrons. The average Bonchev–Trinajstić information content (AvgIpc) is 2.56. The fourth-order valence-electron chi connectivity index (χ4n) is 1.90. The zero-order chi connectivity index (χ0) is 15.9. The molecule has 2 aromatic rings. The highest BCUT2D eigenvalue weighted by Gasteiger charge is 2.04. The van der Waals surface area contributed by atoms with Crippen molar-refractivity contribution < 1.29 is 14.6 Å². The number of nitrogens with zero attached hydrogens (tertiary/aromatic N) is 1. The summed E-state index contributed by atoms with van der Waals surface area (Å²) in [6.07, 6.45) is 2.42. The van der Waals surface area contributed by atoms with E-state index in [1.807, 2.05) is 12.1 Å². The Morgan fingerprint density at radius 3 is 2.64 bits per heavy atom. The van der Waals surface area contributed by atoms with Crippen molar-refractivity contribution in [2.75, 3.05) is 7.11 Å². The Balaban J connectivity index is 2.00. The standard InChI is InChI=1S/C17H18N2O3/c1-3-12-4-7-14(8-5-12)17(21)19-18-11-13-6-9-15(20)16(10-13)22-2/h4-11,20H,3H2,1-2H3,(H,19,21)/b18-11+. The summed E-state index contributed by atoms with van der Waals surface area (Å²) in [6, 6.07) is 12.2. The van der Waals surface area contributed by atoms with Gasteiger partial charge in [0.1, 0.15) is 0 Å². The SMILES string of the molecule is CCc1ccc(C(=O)N/N=C/c2ccc(O)c(OC)c2)cc1. The third-order valence-electron chi connectivity index (χ3n) is 3.21. The maximum atomic E-state index is 11.9. The number of rotatable bonds is 5. The summed E-state index contributed by atoms with van der Waals surface area (Å²) in [7, 11) is 1.47. The van der Waals surface area contributed by atoms with E-state index in [0.717, 1.165) is 6.42 Å². The van der Waals surface area contributed by atoms with Crippen molar-refractivity contribution in [1.82, 2.24) is 5.43 Å². The van der Waals surface area contributed by atoms with Crippen LogP contribution in [0.3, 0.4) is 0 Å². The molecule has 0 aromatic heterocycles. The predicted octanol–water partition coefficient (Wildman–Crippen LogP) is 2.73. The lowest BCUT2D eigenvalue weighted by Crippen LogP contribution is -2.17. The predicted molar refractivity (Wildman–Crippen MR) is 85.5 cm³/mol. The van der Waals surface area contributed by atoms with Gasteiger partial charge in [0.25, 0.3) is 5.91 Å². The number of hydrogen-bond acceptors (Lipinski definition) is 4. The topological polar surface area (TPSA) is 70.9 Å². The van der Waals surface area contributed by atoms with E-state index in [1.54, 1.807) is 24.3 Å². The maximum Gasteiger partial charge on any atom is 0.271 e. The van der Waals surface area contributed by atoms with Crippen LogP contribution in [0.4, 0.5) is 0 Å². The molecule has 1 amide bonds. The van der Waals surface area contributed by atoms with Gasteiger partial charge in [0, 0.05) is 5.56 Å². The molecule has 0 spiro atoms. The molecule has 0 aliphatic rings. The molecule has 0 aliphatic carbocycles. The molecule has 0 bridgehead atoms. The van der Waals surface area contributed by atoms with E-state index in [9.17, 15) is 9.90 Å². The number of aryl methyl sites for hydroxylation is 1. The van der Waals surface area contributed by atoms with Crippen molar-refractivity contribution in [3.63, 3.8) is 0 Å². The minimum Gasteiger partial charge on any atom is -0.504 e. The lowest BCUT2D eigenvalue weighted by molar-refractivity contribution is 0.0955. The summed E-state index contributed by atoms with van der Waals surface area (Å²) in [5.74, 6) is 0.134. The molecule has 0 saturated carbocycles. The van der Waals surface area contributed by atoms with E-state index in [2.05, 4.69) is 17.5 Å². The second kappa shape index (κ2) is 7.26. The van der Waals surface area contributed by atoms with Crippen LogP contribution in [-0.4, -0.2) is 24.3 Å². The molecule has 0 radical (unpaired) electrons. The third kappa shape index (κ3) is 3.85. The fraction of sp³-hybridized carbons (Fsp3) is 0.176. The molecular weight excluding hydrogens is 280 g/mol. The number of hydrazone groups is 1. The van der Waals surface area contributed by atoms with Gasteiger partial charge in [-0.2, -0.15) is 5.10 Å². The highest BCUT2D eigenvalue weighted by molar-refractivity contribution is 5.94. The van der Waals surface area contributed by atoms with Crippen LogP contribution in [0.1, 0.15) is 28.4 Å². The number of phenols is 1. The summed E-state index contributed by atoms with van der Waals surface area (Å²) < 4.78 is 5.01. The van der Waals surface area contributed by atoms with Crippen molar-refractivity contribution in [3.8, 4) is 11.5 Å². The summed E-state index contributed by atoms with van der Waals surface area (Å²) in [6.45, 7) is 2.06. The van der Waals surface area contributed by atoms with Crippen LogP contribution in [0.25, 0.3) is 0 Å². The third-order valence-corrected chi connectivity index (χ3v) is 3.21. The molecule has 0 saturated heterocycles. The number of carbonyl (C=O) groups is 1. The summed E-state index contributed by atoms with van der Waals surface area (Å²) >= 11 is 0. The highest BCUT2D eigenvalue weighted by Crippen LogP contribution is 2.25. The van der Waals surface area contributed by atoms with E-state index in [-0.39, 0.29) is 11.7 Å². The first-order valence-electron chi connectivity index (χ1n) is 6.93. The number of methoxy groups -OCH3 is 1. The van der Waals surface area contributed by atoms with Crippen LogP contribution < -0.4 is 10.2 Å². The molecule has 0 unspecified atom stereocenters. The Labute approximate surface area is 129 Å². The zero-order valence-corrected chi connectivity index (χ0v) is 12.5. The molecule has 2 N–H and O–H groups in total. The van der Waals surface area contributed by atoms with Gasteiger partial charge in [-0.05, 0) is 47.9 Å². The van der Waals surface area contributed by atoms with Gasteiger partial charge in [0.2, 0.25) is 0 Å². The van der Waals surface area contributed by atoms with Gasteiger partial charge in [-0.3, -0.25) is 4.79 Å². The number of hydrogen-bond donors (Lipinski definition) is 2. The Hall–Kier alpha value is -2.82. The smallest absolute Gasteiger partial charge is 0.271 e. The molecule has 22 heavy (non-hydrogen) atoms. The Bertz CT molecular complexity index is 679. The normalized spacial score (nSPS) is 10.6. The number of ether oxygens (including phenoxy) is 1. The first-order valence-corrected chi connectivity index (χ1v) is 6.93. The lowest BCUT2D eigenvalue weighted by Gasteiger charge is -2.04. The van der Waals surface area contributed by atoms with Crippen molar-refractivity contribution in [2.45, 2.75) is 13.3 Å². The Morgan fingerprint density at radius 2 is 2.00 bits per heavy atom. The van der Waals surface area contributed by atoms with E-state index in [0.29, 0.717) is 16.9 Å².